The van der Waals surface area contributed by atoms with Crippen LogP contribution in [0.2, 0.25) is 0 Å². The molecule has 0 spiro atoms. The summed E-state index contributed by atoms with van der Waals surface area (Å²) >= 11 is 0. The molecule has 1 aromatic heterocycles. The van der Waals surface area contributed by atoms with E-state index in [1.54, 1.807) is 23.1 Å². The van der Waals surface area contributed by atoms with Crippen molar-refractivity contribution in [1.82, 2.24) is 15.1 Å². The highest BCUT2D eigenvalue weighted by Gasteiger charge is 2.25. The monoisotopic (exact) mass is 385 g/mol. The number of amides is 1. The number of nitrogens with zero attached hydrogens (tertiary/aromatic N) is 4. The number of benzene rings is 1. The first-order chi connectivity index (χ1) is 13.2. The maximum absolute atomic E-state index is 12.4. The van der Waals surface area contributed by atoms with Crippen LogP contribution in [0, 0.1) is 0 Å². The molecule has 3 rings (SSSR count). The lowest BCUT2D eigenvalue weighted by atomic mass is 10.1. The minimum Gasteiger partial charge on any atom is -0.507 e. The number of hydrogen-bond acceptors (Lipinski definition) is 7. The van der Waals surface area contributed by atoms with E-state index in [0.29, 0.717) is 36.7 Å². The number of nitrogen functional groups attached to an aromatic ring is 1. The predicted molar refractivity (Wildman–Crippen MR) is 108 cm³/mol. The number of aromatic nitrogens is 2. The lowest BCUT2D eigenvalue weighted by molar-refractivity contribution is 0.0263. The summed E-state index contributed by atoms with van der Waals surface area (Å²) < 4.78 is 5.48. The van der Waals surface area contributed by atoms with Gasteiger partial charge in [-0.1, -0.05) is 12.1 Å². The van der Waals surface area contributed by atoms with Gasteiger partial charge in [0.2, 0.25) is 0 Å². The first-order valence-electron chi connectivity index (χ1n) is 9.39. The Bertz CT molecular complexity index is 850. The number of carbonyl (C=O) groups excluding carboxylic acids is 1. The molecule has 1 aromatic carbocycles. The number of aromatic hydroxyl groups is 1. The van der Waals surface area contributed by atoms with Crippen LogP contribution in [0.3, 0.4) is 0 Å². The molecule has 150 valence electrons. The van der Waals surface area contributed by atoms with Gasteiger partial charge < -0.3 is 25.4 Å². The van der Waals surface area contributed by atoms with Crippen LogP contribution in [0.15, 0.2) is 30.3 Å². The molecule has 0 unspecified atom stereocenters. The van der Waals surface area contributed by atoms with Crippen molar-refractivity contribution in [2.45, 2.75) is 32.8 Å². The summed E-state index contributed by atoms with van der Waals surface area (Å²) in [7, 11) is 0. The van der Waals surface area contributed by atoms with Gasteiger partial charge in [-0.05, 0) is 45.4 Å². The van der Waals surface area contributed by atoms with E-state index in [0.717, 1.165) is 18.7 Å². The fraction of sp³-hybridized carbons (Fsp3) is 0.450. The summed E-state index contributed by atoms with van der Waals surface area (Å²) in [5, 5.41) is 18.3. The maximum Gasteiger partial charge on any atom is 0.410 e. The standard InChI is InChI=1S/C20H27N5O3/c1-20(2,3)28-19(27)25-10-6-9-24(11-12-25)16-13-15(22-23-18(16)21)14-7-4-5-8-17(14)26/h4-5,7-8,13,26H,6,9-12H2,1-3H3,(H2,21,23). The zero-order valence-corrected chi connectivity index (χ0v) is 16.6. The summed E-state index contributed by atoms with van der Waals surface area (Å²) in [5.41, 5.74) is 7.46. The third-order valence-corrected chi connectivity index (χ3v) is 4.47. The first kappa shape index (κ1) is 19.7. The third-order valence-electron chi connectivity index (χ3n) is 4.47. The van der Waals surface area contributed by atoms with Gasteiger partial charge in [0.15, 0.2) is 5.82 Å². The van der Waals surface area contributed by atoms with E-state index < -0.39 is 5.60 Å². The van der Waals surface area contributed by atoms with Crippen molar-refractivity contribution in [2.24, 2.45) is 0 Å². The Morgan fingerprint density at radius 2 is 1.89 bits per heavy atom. The highest BCUT2D eigenvalue weighted by atomic mass is 16.6. The van der Waals surface area contributed by atoms with Crippen LogP contribution in [0.25, 0.3) is 11.3 Å². The number of anilines is 2. The predicted octanol–water partition coefficient (Wildman–Crippen LogP) is 2.88. The normalized spacial score (nSPS) is 15.2. The number of para-hydroxylation sites is 1. The minimum absolute atomic E-state index is 0.138. The molecular weight excluding hydrogens is 358 g/mol. The molecule has 1 saturated heterocycles. The van der Waals surface area contributed by atoms with Gasteiger partial charge in [0.05, 0.1) is 11.4 Å². The van der Waals surface area contributed by atoms with E-state index in [1.165, 1.54) is 0 Å². The maximum atomic E-state index is 12.4. The molecule has 8 heteroatoms. The van der Waals surface area contributed by atoms with Gasteiger partial charge in [0.1, 0.15) is 11.4 Å². The summed E-state index contributed by atoms with van der Waals surface area (Å²) in [5.74, 6) is 0.462. The summed E-state index contributed by atoms with van der Waals surface area (Å²) in [4.78, 5) is 16.2. The van der Waals surface area contributed by atoms with E-state index >= 15 is 0 Å². The van der Waals surface area contributed by atoms with E-state index in [-0.39, 0.29) is 11.8 Å². The fourth-order valence-electron chi connectivity index (χ4n) is 3.13. The summed E-state index contributed by atoms with van der Waals surface area (Å²) in [6, 6.07) is 8.81. The smallest absolute Gasteiger partial charge is 0.410 e. The molecule has 0 aliphatic carbocycles. The average molecular weight is 385 g/mol. The largest absolute Gasteiger partial charge is 0.507 e. The second kappa shape index (κ2) is 7.92. The van der Waals surface area contributed by atoms with E-state index in [4.69, 9.17) is 10.5 Å². The van der Waals surface area contributed by atoms with Crippen LogP contribution < -0.4 is 10.6 Å². The van der Waals surface area contributed by atoms with Crippen molar-refractivity contribution >= 4 is 17.6 Å². The average Bonchev–Trinajstić information content (AvgIpc) is 2.87. The molecule has 0 radical (unpaired) electrons. The van der Waals surface area contributed by atoms with Gasteiger partial charge in [-0.15, -0.1) is 10.2 Å². The highest BCUT2D eigenvalue weighted by molar-refractivity contribution is 5.74. The number of rotatable bonds is 2. The number of ether oxygens (including phenoxy) is 1. The molecule has 0 bridgehead atoms. The summed E-state index contributed by atoms with van der Waals surface area (Å²) in [6.45, 7) is 8.07. The molecule has 1 amide bonds. The van der Waals surface area contributed by atoms with Crippen molar-refractivity contribution in [1.29, 1.82) is 0 Å². The Morgan fingerprint density at radius 1 is 1.14 bits per heavy atom. The van der Waals surface area contributed by atoms with Crippen LogP contribution in [0.4, 0.5) is 16.3 Å². The molecule has 8 nitrogen and oxygen atoms in total. The second-order valence-electron chi connectivity index (χ2n) is 7.83. The fourth-order valence-corrected chi connectivity index (χ4v) is 3.13. The lowest BCUT2D eigenvalue weighted by Crippen LogP contribution is -2.39. The Hall–Kier alpha value is -3.03. The van der Waals surface area contributed by atoms with Crippen LogP contribution in [-0.2, 0) is 4.74 Å². The number of phenolic OH excluding ortho intramolecular Hbond substituents is 1. The summed E-state index contributed by atoms with van der Waals surface area (Å²) in [6.07, 6.45) is 0.484. The molecule has 2 aromatic rings. The quantitative estimate of drug-likeness (QED) is 0.819. The zero-order chi connectivity index (χ0) is 20.3. The van der Waals surface area contributed by atoms with Gasteiger partial charge in [-0.25, -0.2) is 4.79 Å². The van der Waals surface area contributed by atoms with Gasteiger partial charge in [-0.3, -0.25) is 0 Å². The van der Waals surface area contributed by atoms with Crippen molar-refractivity contribution < 1.29 is 14.6 Å². The minimum atomic E-state index is -0.519. The number of nitrogens with two attached hydrogens (primary N) is 1. The number of hydrogen-bond donors (Lipinski definition) is 2. The third kappa shape index (κ3) is 4.62. The van der Waals surface area contributed by atoms with E-state index in [1.807, 2.05) is 32.9 Å². The van der Waals surface area contributed by atoms with Crippen LogP contribution in [-0.4, -0.2) is 58.1 Å². The van der Waals surface area contributed by atoms with Crippen molar-refractivity contribution in [2.75, 3.05) is 36.8 Å². The van der Waals surface area contributed by atoms with Gasteiger partial charge in [0.25, 0.3) is 0 Å². The van der Waals surface area contributed by atoms with E-state index in [9.17, 15) is 9.90 Å². The first-order valence-corrected chi connectivity index (χ1v) is 9.39. The molecule has 1 aliphatic rings. The Kier molecular flexibility index (Phi) is 5.58. The molecule has 28 heavy (non-hydrogen) atoms. The topological polar surface area (TPSA) is 105 Å². The van der Waals surface area contributed by atoms with Crippen molar-refractivity contribution in [3.8, 4) is 17.0 Å². The Morgan fingerprint density at radius 3 is 2.61 bits per heavy atom. The molecule has 1 fully saturated rings. The molecule has 3 N–H and O–H groups in total. The molecular formula is C20H27N5O3. The SMILES string of the molecule is CC(C)(C)OC(=O)N1CCCN(c2cc(-c3ccccc3O)nnc2N)CC1. The number of carbonyl (C=O) groups is 1. The Balaban J connectivity index is 1.78. The highest BCUT2D eigenvalue weighted by Crippen LogP contribution is 2.31. The van der Waals surface area contributed by atoms with Crippen LogP contribution >= 0.6 is 0 Å². The Labute approximate surface area is 164 Å². The van der Waals surface area contributed by atoms with Crippen molar-refractivity contribution in [3.63, 3.8) is 0 Å². The second-order valence-corrected chi connectivity index (χ2v) is 7.83. The van der Waals surface area contributed by atoms with Gasteiger partial charge in [-0.2, -0.15) is 0 Å². The van der Waals surface area contributed by atoms with Crippen LogP contribution in [0.1, 0.15) is 27.2 Å². The lowest BCUT2D eigenvalue weighted by Gasteiger charge is -2.27. The van der Waals surface area contributed by atoms with Gasteiger partial charge >= 0.3 is 6.09 Å². The number of phenols is 1. The molecule has 0 saturated carbocycles. The van der Waals surface area contributed by atoms with E-state index in [2.05, 4.69) is 15.1 Å². The molecule has 0 atom stereocenters. The van der Waals surface area contributed by atoms with Gasteiger partial charge in [0, 0.05) is 31.7 Å². The molecule has 2 heterocycles. The molecule has 1 aliphatic heterocycles. The zero-order valence-electron chi connectivity index (χ0n) is 16.6. The van der Waals surface area contributed by atoms with Crippen LogP contribution in [0.5, 0.6) is 5.75 Å². The van der Waals surface area contributed by atoms with Crippen molar-refractivity contribution in [3.05, 3.63) is 30.3 Å².